The molecule has 0 aromatic heterocycles. The number of urea groups is 1. The molecule has 1 aromatic carbocycles. The Morgan fingerprint density at radius 2 is 1.95 bits per heavy atom. The number of nitrogens with one attached hydrogen (secondary N) is 2. The van der Waals surface area contributed by atoms with Crippen LogP contribution in [-0.4, -0.2) is 51.2 Å². The van der Waals surface area contributed by atoms with E-state index in [1.807, 2.05) is 13.0 Å². The monoisotopic (exact) mass is 294 g/mol. The molecule has 1 saturated heterocycles. The maximum atomic E-state index is 14.3. The summed E-state index contributed by atoms with van der Waals surface area (Å²) in [6, 6.07) is 4.68. The van der Waals surface area contributed by atoms with E-state index in [1.165, 1.54) is 6.07 Å². The van der Waals surface area contributed by atoms with Gasteiger partial charge in [0.25, 0.3) is 0 Å². The van der Waals surface area contributed by atoms with Crippen molar-refractivity contribution in [2.24, 2.45) is 0 Å². The van der Waals surface area contributed by atoms with E-state index in [0.717, 1.165) is 31.7 Å². The quantitative estimate of drug-likeness (QED) is 0.889. The van der Waals surface area contributed by atoms with Crippen LogP contribution < -0.4 is 15.5 Å². The molecule has 0 bridgehead atoms. The highest BCUT2D eigenvalue weighted by Gasteiger charge is 2.18. The molecule has 6 heteroatoms. The Bertz CT molecular complexity index is 500. The Hall–Kier alpha value is -1.82. The predicted molar refractivity (Wildman–Crippen MR) is 82.1 cm³/mol. The minimum Gasteiger partial charge on any atom is -0.367 e. The zero-order valence-electron chi connectivity index (χ0n) is 12.8. The minimum absolute atomic E-state index is 0.234. The number of anilines is 1. The third-order valence-corrected chi connectivity index (χ3v) is 3.89. The molecule has 0 saturated carbocycles. The summed E-state index contributed by atoms with van der Waals surface area (Å²) in [6.45, 7) is 5.38. The number of carbonyl (C=O) groups is 1. The third kappa shape index (κ3) is 3.85. The van der Waals surface area contributed by atoms with Crippen LogP contribution in [-0.2, 0) is 0 Å². The molecule has 2 N–H and O–H groups in total. The number of nitrogens with zero attached hydrogens (tertiary/aromatic N) is 2. The average Bonchev–Trinajstić information content (AvgIpc) is 2.48. The second kappa shape index (κ2) is 6.76. The second-order valence-corrected chi connectivity index (χ2v) is 5.45. The third-order valence-electron chi connectivity index (χ3n) is 3.89. The summed E-state index contributed by atoms with van der Waals surface area (Å²) in [5.74, 6) is -0.234. The van der Waals surface area contributed by atoms with Gasteiger partial charge in [-0.1, -0.05) is 6.07 Å². The molecule has 2 rings (SSSR count). The molecule has 21 heavy (non-hydrogen) atoms. The highest BCUT2D eigenvalue weighted by Crippen LogP contribution is 2.24. The molecule has 1 fully saturated rings. The van der Waals surface area contributed by atoms with Crippen LogP contribution in [0, 0.1) is 5.82 Å². The van der Waals surface area contributed by atoms with E-state index in [1.54, 1.807) is 13.1 Å². The molecule has 1 aliphatic heterocycles. The van der Waals surface area contributed by atoms with Crippen LogP contribution in [0.15, 0.2) is 18.2 Å². The number of piperazine rings is 1. The Labute approximate surface area is 125 Å². The van der Waals surface area contributed by atoms with Gasteiger partial charge in [0.05, 0.1) is 11.7 Å². The fraction of sp³-hybridized carbons (Fsp3) is 0.533. The van der Waals surface area contributed by atoms with Crippen LogP contribution in [0.1, 0.15) is 18.5 Å². The normalized spacial score (nSPS) is 17.4. The first kappa shape index (κ1) is 15.6. The van der Waals surface area contributed by atoms with Crippen molar-refractivity contribution in [1.29, 1.82) is 0 Å². The Kier molecular flexibility index (Phi) is 5.01. The maximum Gasteiger partial charge on any atom is 0.315 e. The molecule has 2 amide bonds. The van der Waals surface area contributed by atoms with Gasteiger partial charge in [-0.15, -0.1) is 0 Å². The maximum absolute atomic E-state index is 14.3. The number of hydrogen-bond donors (Lipinski definition) is 2. The summed E-state index contributed by atoms with van der Waals surface area (Å²) in [6.07, 6.45) is 0. The van der Waals surface area contributed by atoms with Gasteiger partial charge in [-0.3, -0.25) is 0 Å². The van der Waals surface area contributed by atoms with Crippen molar-refractivity contribution in [3.05, 3.63) is 29.6 Å². The van der Waals surface area contributed by atoms with Crippen molar-refractivity contribution in [3.63, 3.8) is 0 Å². The summed E-state index contributed by atoms with van der Waals surface area (Å²) in [7, 11) is 3.63. The number of likely N-dealkylation sites (N-methyl/N-ethyl adjacent to an activating group) is 1. The van der Waals surface area contributed by atoms with Crippen LogP contribution in [0.3, 0.4) is 0 Å². The lowest BCUT2D eigenvalue weighted by Crippen LogP contribution is -2.44. The average molecular weight is 294 g/mol. The number of rotatable bonds is 3. The highest BCUT2D eigenvalue weighted by molar-refractivity contribution is 5.74. The molecule has 1 aliphatic rings. The summed E-state index contributed by atoms with van der Waals surface area (Å²) in [5.41, 5.74) is 1.40. The van der Waals surface area contributed by atoms with Gasteiger partial charge in [0.1, 0.15) is 5.82 Å². The topological polar surface area (TPSA) is 47.6 Å². The van der Waals surface area contributed by atoms with Gasteiger partial charge in [0.2, 0.25) is 0 Å². The van der Waals surface area contributed by atoms with Gasteiger partial charge in [-0.25, -0.2) is 9.18 Å². The van der Waals surface area contributed by atoms with Crippen molar-refractivity contribution in [3.8, 4) is 0 Å². The first-order chi connectivity index (χ1) is 10.0. The molecule has 116 valence electrons. The Balaban J connectivity index is 2.08. The van der Waals surface area contributed by atoms with Crippen molar-refractivity contribution >= 4 is 11.7 Å². The number of hydrogen-bond acceptors (Lipinski definition) is 3. The summed E-state index contributed by atoms with van der Waals surface area (Å²) in [4.78, 5) is 15.6. The molecule has 5 nitrogen and oxygen atoms in total. The lowest BCUT2D eigenvalue weighted by molar-refractivity contribution is 0.240. The molecule has 0 spiro atoms. The molecule has 0 aliphatic carbocycles. The number of carbonyl (C=O) groups excluding carboxylic acids is 1. The molecule has 1 heterocycles. The lowest BCUT2D eigenvalue weighted by atomic mass is 10.1. The van der Waals surface area contributed by atoms with Crippen LogP contribution in [0.25, 0.3) is 0 Å². The zero-order valence-corrected chi connectivity index (χ0v) is 12.8. The number of amides is 2. The van der Waals surface area contributed by atoms with Crippen LogP contribution in [0.4, 0.5) is 14.9 Å². The van der Waals surface area contributed by atoms with E-state index in [0.29, 0.717) is 5.69 Å². The Morgan fingerprint density at radius 3 is 2.52 bits per heavy atom. The van der Waals surface area contributed by atoms with E-state index in [2.05, 4.69) is 27.5 Å². The Morgan fingerprint density at radius 1 is 1.29 bits per heavy atom. The molecule has 0 unspecified atom stereocenters. The van der Waals surface area contributed by atoms with Gasteiger partial charge in [0.15, 0.2) is 0 Å². The number of halogens is 1. The first-order valence-electron chi connectivity index (χ1n) is 7.22. The van der Waals surface area contributed by atoms with Gasteiger partial charge < -0.3 is 20.4 Å². The van der Waals surface area contributed by atoms with Crippen molar-refractivity contribution in [2.75, 3.05) is 45.2 Å². The van der Waals surface area contributed by atoms with E-state index in [9.17, 15) is 9.18 Å². The molecular formula is C15H23FN4O. The van der Waals surface area contributed by atoms with E-state index in [-0.39, 0.29) is 17.9 Å². The fourth-order valence-electron chi connectivity index (χ4n) is 2.45. The van der Waals surface area contributed by atoms with Gasteiger partial charge in [0, 0.05) is 33.2 Å². The van der Waals surface area contributed by atoms with E-state index in [4.69, 9.17) is 0 Å². The van der Waals surface area contributed by atoms with Crippen LogP contribution in [0.5, 0.6) is 0 Å². The second-order valence-electron chi connectivity index (χ2n) is 5.45. The summed E-state index contributed by atoms with van der Waals surface area (Å²) >= 11 is 0. The van der Waals surface area contributed by atoms with Gasteiger partial charge in [-0.05, 0) is 31.7 Å². The van der Waals surface area contributed by atoms with Crippen LogP contribution in [0.2, 0.25) is 0 Å². The van der Waals surface area contributed by atoms with Crippen molar-refractivity contribution < 1.29 is 9.18 Å². The predicted octanol–water partition coefficient (Wildman–Crippen LogP) is 1.57. The molecule has 1 aromatic rings. The molecule has 1 atom stereocenters. The summed E-state index contributed by atoms with van der Waals surface area (Å²) < 4.78 is 14.3. The SMILES string of the molecule is CNC(=O)N[C@@H](C)c1ccc(N2CCN(C)CC2)c(F)c1. The minimum atomic E-state index is -0.272. The standard InChI is InChI=1S/C15H23FN4O/c1-11(18-15(21)17-2)12-4-5-14(13(16)10-12)20-8-6-19(3)7-9-20/h4-5,10-11H,6-9H2,1-3H3,(H2,17,18,21)/t11-/m0/s1. The number of benzene rings is 1. The fourth-order valence-corrected chi connectivity index (χ4v) is 2.45. The van der Waals surface area contributed by atoms with E-state index < -0.39 is 0 Å². The molecular weight excluding hydrogens is 271 g/mol. The zero-order chi connectivity index (χ0) is 15.4. The smallest absolute Gasteiger partial charge is 0.315 e. The van der Waals surface area contributed by atoms with E-state index >= 15 is 0 Å². The largest absolute Gasteiger partial charge is 0.367 e. The lowest BCUT2D eigenvalue weighted by Gasteiger charge is -2.34. The van der Waals surface area contributed by atoms with Crippen LogP contribution >= 0.6 is 0 Å². The first-order valence-corrected chi connectivity index (χ1v) is 7.22. The highest BCUT2D eigenvalue weighted by atomic mass is 19.1. The molecule has 0 radical (unpaired) electrons. The van der Waals surface area contributed by atoms with Crippen molar-refractivity contribution in [2.45, 2.75) is 13.0 Å². The summed E-state index contributed by atoms with van der Waals surface area (Å²) in [5, 5.41) is 5.23. The van der Waals surface area contributed by atoms with Gasteiger partial charge >= 0.3 is 6.03 Å². The van der Waals surface area contributed by atoms with Gasteiger partial charge in [-0.2, -0.15) is 0 Å². The van der Waals surface area contributed by atoms with Crippen molar-refractivity contribution in [1.82, 2.24) is 15.5 Å².